The van der Waals surface area contributed by atoms with Crippen molar-refractivity contribution >= 4 is 34.2 Å². The summed E-state index contributed by atoms with van der Waals surface area (Å²) in [6, 6.07) is 0. The van der Waals surface area contributed by atoms with Crippen LogP contribution in [-0.4, -0.2) is 22.5 Å². The summed E-state index contributed by atoms with van der Waals surface area (Å²) in [6.45, 7) is 2.98. The second kappa shape index (κ2) is 5.76. The topological polar surface area (TPSA) is 9.23 Å². The molecule has 0 aliphatic heterocycles. The molecule has 0 saturated heterocycles. The Balaban J connectivity index is 2.08. The lowest BCUT2D eigenvalue weighted by atomic mass is 9.83. The van der Waals surface area contributed by atoms with Crippen LogP contribution in [0.4, 0.5) is 0 Å². The Morgan fingerprint density at radius 1 is 1.54 bits per heavy atom. The predicted octanol–water partition coefficient (Wildman–Crippen LogP) is 3.63. The van der Waals surface area contributed by atoms with Crippen molar-refractivity contribution < 1.29 is 4.74 Å². The minimum absolute atomic E-state index is 0.105. The number of ether oxygens (including phenoxy) is 1. The molecule has 1 saturated carbocycles. The Morgan fingerprint density at radius 2 is 2.23 bits per heavy atom. The fraction of sp³-hybridized carbons (Fsp3) is 1.00. The summed E-state index contributed by atoms with van der Waals surface area (Å²) in [5.74, 6) is 1.54. The predicted molar refractivity (Wildman–Crippen MR) is 65.9 cm³/mol. The molecule has 0 radical (unpaired) electrons. The zero-order chi connectivity index (χ0) is 9.73. The molecule has 0 heterocycles. The summed E-state index contributed by atoms with van der Waals surface area (Å²) >= 11 is 8.18. The molecule has 1 aliphatic carbocycles. The highest BCUT2D eigenvalue weighted by Crippen LogP contribution is 2.30. The normalized spacial score (nSPS) is 22.4. The quantitative estimate of drug-likeness (QED) is 0.537. The van der Waals surface area contributed by atoms with Gasteiger partial charge in [-0.1, -0.05) is 41.9 Å². The Morgan fingerprint density at radius 3 is 2.62 bits per heavy atom. The van der Waals surface area contributed by atoms with Gasteiger partial charge in [-0.15, -0.1) is 11.6 Å². The molecule has 3 heteroatoms. The van der Waals surface area contributed by atoms with Crippen molar-refractivity contribution in [3.05, 3.63) is 0 Å². The van der Waals surface area contributed by atoms with Gasteiger partial charge in [0.1, 0.15) is 0 Å². The summed E-state index contributed by atoms with van der Waals surface area (Å²) in [7, 11) is 0. The third kappa shape index (κ3) is 3.92. The van der Waals surface area contributed by atoms with Gasteiger partial charge in [0.15, 0.2) is 0 Å². The van der Waals surface area contributed by atoms with Crippen molar-refractivity contribution in [2.75, 3.05) is 16.9 Å². The van der Waals surface area contributed by atoms with Crippen molar-refractivity contribution in [3.8, 4) is 0 Å². The first-order valence-electron chi connectivity index (χ1n) is 4.96. The molecule has 0 bridgehead atoms. The van der Waals surface area contributed by atoms with Crippen LogP contribution in [0, 0.1) is 5.92 Å². The van der Waals surface area contributed by atoms with E-state index in [0.29, 0.717) is 5.88 Å². The van der Waals surface area contributed by atoms with Crippen LogP contribution in [0.5, 0.6) is 0 Å². The molecule has 1 fully saturated rings. The second-order valence-electron chi connectivity index (χ2n) is 4.15. The van der Waals surface area contributed by atoms with Crippen molar-refractivity contribution in [2.45, 2.75) is 38.2 Å². The van der Waals surface area contributed by atoms with Gasteiger partial charge in [-0.05, 0) is 19.3 Å². The molecular formula is C10H18ClIO. The highest BCUT2D eigenvalue weighted by molar-refractivity contribution is 14.1. The summed E-state index contributed by atoms with van der Waals surface area (Å²) in [5, 5.41) is 0. The summed E-state index contributed by atoms with van der Waals surface area (Å²) in [5.41, 5.74) is -0.105. The first kappa shape index (κ1) is 12.1. The standard InChI is InChI=1S/C10H18ClIO/c1-10(7-11,8-12)13-6-5-9-3-2-4-9/h9H,2-8H2,1H3. The first-order chi connectivity index (χ1) is 6.20. The molecule has 1 rings (SSSR count). The average molecular weight is 317 g/mol. The average Bonchev–Trinajstić information content (AvgIpc) is 2.09. The van der Waals surface area contributed by atoms with Crippen molar-refractivity contribution in [2.24, 2.45) is 5.92 Å². The van der Waals surface area contributed by atoms with E-state index in [1.54, 1.807) is 0 Å². The minimum Gasteiger partial charge on any atom is -0.373 e. The number of halogens is 2. The molecular weight excluding hydrogens is 298 g/mol. The van der Waals surface area contributed by atoms with E-state index >= 15 is 0 Å². The fourth-order valence-electron chi connectivity index (χ4n) is 1.37. The molecule has 0 N–H and O–H groups in total. The Bertz CT molecular complexity index is 144. The third-order valence-corrected chi connectivity index (χ3v) is 4.95. The number of alkyl halides is 2. The molecule has 0 amide bonds. The summed E-state index contributed by atoms with van der Waals surface area (Å²) in [6.07, 6.45) is 5.46. The zero-order valence-corrected chi connectivity index (χ0v) is 11.1. The van der Waals surface area contributed by atoms with E-state index in [-0.39, 0.29) is 5.60 Å². The lowest BCUT2D eigenvalue weighted by molar-refractivity contribution is -0.00531. The SMILES string of the molecule is CC(CCl)(CI)OCCC1CCC1. The Hall–Kier alpha value is 0.980. The lowest BCUT2D eigenvalue weighted by Gasteiger charge is -2.29. The molecule has 1 nitrogen and oxygen atoms in total. The molecule has 78 valence electrons. The van der Waals surface area contributed by atoms with Crippen LogP contribution in [0.1, 0.15) is 32.6 Å². The van der Waals surface area contributed by atoms with Crippen LogP contribution in [0.2, 0.25) is 0 Å². The van der Waals surface area contributed by atoms with E-state index in [1.165, 1.54) is 25.7 Å². The van der Waals surface area contributed by atoms with E-state index in [9.17, 15) is 0 Å². The molecule has 13 heavy (non-hydrogen) atoms. The van der Waals surface area contributed by atoms with Crippen molar-refractivity contribution in [1.29, 1.82) is 0 Å². The maximum absolute atomic E-state index is 5.84. The van der Waals surface area contributed by atoms with Crippen LogP contribution < -0.4 is 0 Å². The smallest absolute Gasteiger partial charge is 0.0878 e. The molecule has 1 aliphatic rings. The molecule has 1 atom stereocenters. The highest BCUT2D eigenvalue weighted by atomic mass is 127. The van der Waals surface area contributed by atoms with E-state index in [0.717, 1.165) is 17.0 Å². The fourth-order valence-corrected chi connectivity index (χ4v) is 2.35. The van der Waals surface area contributed by atoms with Crippen LogP contribution in [0.15, 0.2) is 0 Å². The largest absolute Gasteiger partial charge is 0.373 e. The maximum Gasteiger partial charge on any atom is 0.0878 e. The monoisotopic (exact) mass is 316 g/mol. The van der Waals surface area contributed by atoms with Gasteiger partial charge < -0.3 is 4.74 Å². The summed E-state index contributed by atoms with van der Waals surface area (Å²) < 4.78 is 6.77. The van der Waals surface area contributed by atoms with Gasteiger partial charge in [0.05, 0.1) is 11.5 Å². The summed E-state index contributed by atoms with van der Waals surface area (Å²) in [4.78, 5) is 0. The van der Waals surface area contributed by atoms with E-state index < -0.39 is 0 Å². The van der Waals surface area contributed by atoms with E-state index in [1.807, 2.05) is 0 Å². The number of hydrogen-bond acceptors (Lipinski definition) is 1. The van der Waals surface area contributed by atoms with Crippen LogP contribution >= 0.6 is 34.2 Å². The molecule has 0 aromatic rings. The maximum atomic E-state index is 5.84. The van der Waals surface area contributed by atoms with Gasteiger partial charge in [0, 0.05) is 11.0 Å². The van der Waals surface area contributed by atoms with Gasteiger partial charge in [-0.2, -0.15) is 0 Å². The Labute approximate surface area is 99.7 Å². The lowest BCUT2D eigenvalue weighted by Crippen LogP contribution is -2.33. The van der Waals surface area contributed by atoms with Gasteiger partial charge in [0.2, 0.25) is 0 Å². The third-order valence-electron chi connectivity index (χ3n) is 2.77. The van der Waals surface area contributed by atoms with Gasteiger partial charge in [-0.3, -0.25) is 0 Å². The molecule has 0 aromatic carbocycles. The number of hydrogen-bond donors (Lipinski definition) is 0. The van der Waals surface area contributed by atoms with Crippen LogP contribution in [0.3, 0.4) is 0 Å². The van der Waals surface area contributed by atoms with Crippen LogP contribution in [-0.2, 0) is 4.74 Å². The zero-order valence-electron chi connectivity index (χ0n) is 8.19. The van der Waals surface area contributed by atoms with Gasteiger partial charge in [-0.25, -0.2) is 0 Å². The highest BCUT2D eigenvalue weighted by Gasteiger charge is 2.23. The van der Waals surface area contributed by atoms with Crippen LogP contribution in [0.25, 0.3) is 0 Å². The molecule has 0 spiro atoms. The molecule has 0 aromatic heterocycles. The first-order valence-corrected chi connectivity index (χ1v) is 7.02. The van der Waals surface area contributed by atoms with Gasteiger partial charge in [0.25, 0.3) is 0 Å². The Kier molecular flexibility index (Phi) is 5.34. The van der Waals surface area contributed by atoms with Crippen molar-refractivity contribution in [1.82, 2.24) is 0 Å². The second-order valence-corrected chi connectivity index (χ2v) is 5.18. The van der Waals surface area contributed by atoms with Gasteiger partial charge >= 0.3 is 0 Å². The number of rotatable bonds is 6. The van der Waals surface area contributed by atoms with E-state index in [4.69, 9.17) is 16.3 Å². The van der Waals surface area contributed by atoms with E-state index in [2.05, 4.69) is 29.5 Å². The molecule has 1 unspecified atom stereocenters. The van der Waals surface area contributed by atoms with Crippen molar-refractivity contribution in [3.63, 3.8) is 0 Å². The minimum atomic E-state index is -0.105.